The molecule has 0 saturated carbocycles. The summed E-state index contributed by atoms with van der Waals surface area (Å²) in [5, 5.41) is 2.83. The largest absolute Gasteiger partial charge is 0.339 e. The van der Waals surface area contributed by atoms with Gasteiger partial charge in [-0.2, -0.15) is 0 Å². The van der Waals surface area contributed by atoms with Gasteiger partial charge in [0.1, 0.15) is 12.1 Å². The third kappa shape index (κ3) is 4.18. The zero-order valence-corrected chi connectivity index (χ0v) is 17.8. The van der Waals surface area contributed by atoms with Crippen LogP contribution in [0.25, 0.3) is 0 Å². The fourth-order valence-electron chi connectivity index (χ4n) is 4.36. The maximum absolute atomic E-state index is 13.2. The summed E-state index contributed by atoms with van der Waals surface area (Å²) < 4.78 is 0. The van der Waals surface area contributed by atoms with Crippen molar-refractivity contribution in [3.63, 3.8) is 0 Å². The Morgan fingerprint density at radius 1 is 0.935 bits per heavy atom. The van der Waals surface area contributed by atoms with Crippen LogP contribution in [0.15, 0.2) is 60.7 Å². The van der Waals surface area contributed by atoms with Gasteiger partial charge in [0.05, 0.1) is 0 Å². The lowest BCUT2D eigenvalue weighted by atomic mass is 9.87. The number of amides is 4. The van der Waals surface area contributed by atoms with E-state index in [-0.39, 0.29) is 18.4 Å². The molecule has 0 bridgehead atoms. The number of nitrogens with zero attached hydrogens (tertiary/aromatic N) is 3. The maximum atomic E-state index is 13.2. The van der Waals surface area contributed by atoms with Crippen LogP contribution >= 0.6 is 0 Å². The molecule has 1 N–H and O–H groups in total. The van der Waals surface area contributed by atoms with Gasteiger partial charge in [-0.25, -0.2) is 4.79 Å². The van der Waals surface area contributed by atoms with Crippen molar-refractivity contribution in [2.75, 3.05) is 32.7 Å². The average Bonchev–Trinajstić information content (AvgIpc) is 3.06. The fraction of sp³-hybridized carbons (Fsp3) is 0.375. The molecule has 7 nitrogen and oxygen atoms in total. The molecule has 2 aromatic carbocycles. The van der Waals surface area contributed by atoms with Gasteiger partial charge in [0.15, 0.2) is 0 Å². The highest BCUT2D eigenvalue weighted by Gasteiger charge is 2.51. The Bertz CT molecular complexity index is 942. The van der Waals surface area contributed by atoms with E-state index in [0.717, 1.165) is 30.1 Å². The highest BCUT2D eigenvalue weighted by molar-refractivity contribution is 6.09. The van der Waals surface area contributed by atoms with Crippen LogP contribution in [0.3, 0.4) is 0 Å². The molecule has 31 heavy (non-hydrogen) atoms. The summed E-state index contributed by atoms with van der Waals surface area (Å²) in [4.78, 5) is 43.8. The zero-order chi connectivity index (χ0) is 21.8. The molecule has 2 aliphatic rings. The maximum Gasteiger partial charge on any atom is 0.325 e. The summed E-state index contributed by atoms with van der Waals surface area (Å²) in [6.45, 7) is 5.21. The number of hydrogen-bond acceptors (Lipinski definition) is 4. The Morgan fingerprint density at radius 2 is 1.55 bits per heavy atom. The molecule has 1 atom stereocenters. The smallest absolute Gasteiger partial charge is 0.325 e. The van der Waals surface area contributed by atoms with Crippen LogP contribution in [0, 0.1) is 0 Å². The van der Waals surface area contributed by atoms with Gasteiger partial charge >= 0.3 is 6.03 Å². The monoisotopic (exact) mass is 420 g/mol. The van der Waals surface area contributed by atoms with E-state index in [9.17, 15) is 14.4 Å². The van der Waals surface area contributed by atoms with E-state index >= 15 is 0 Å². The summed E-state index contributed by atoms with van der Waals surface area (Å²) in [7, 11) is 0. The first-order valence-electron chi connectivity index (χ1n) is 10.8. The van der Waals surface area contributed by atoms with E-state index in [0.29, 0.717) is 19.5 Å². The molecule has 1 unspecified atom stereocenters. The second-order valence-corrected chi connectivity index (χ2v) is 8.09. The van der Waals surface area contributed by atoms with E-state index in [2.05, 4.69) is 22.3 Å². The van der Waals surface area contributed by atoms with E-state index in [1.54, 1.807) is 4.90 Å². The van der Waals surface area contributed by atoms with Gasteiger partial charge in [0.25, 0.3) is 5.91 Å². The summed E-state index contributed by atoms with van der Waals surface area (Å²) in [6.07, 6.45) is 0.421. The van der Waals surface area contributed by atoms with Gasteiger partial charge in [0.2, 0.25) is 5.91 Å². The molecule has 2 saturated heterocycles. The summed E-state index contributed by atoms with van der Waals surface area (Å²) in [5.41, 5.74) is 0.881. The van der Waals surface area contributed by atoms with Crippen LogP contribution in [0.4, 0.5) is 4.79 Å². The minimum absolute atomic E-state index is 0.192. The van der Waals surface area contributed by atoms with Crippen molar-refractivity contribution in [1.29, 1.82) is 0 Å². The molecule has 4 rings (SSSR count). The Labute approximate surface area is 182 Å². The van der Waals surface area contributed by atoms with Crippen molar-refractivity contribution in [1.82, 2.24) is 20.0 Å². The molecule has 0 aliphatic carbocycles. The molecule has 0 aromatic heterocycles. The van der Waals surface area contributed by atoms with Crippen molar-refractivity contribution >= 4 is 17.8 Å². The Kier molecular flexibility index (Phi) is 6.04. The van der Waals surface area contributed by atoms with Gasteiger partial charge in [-0.1, -0.05) is 67.6 Å². The number of rotatable bonds is 6. The first kappa shape index (κ1) is 21.1. The van der Waals surface area contributed by atoms with Crippen LogP contribution < -0.4 is 5.32 Å². The third-order valence-electron chi connectivity index (χ3n) is 6.24. The molecular formula is C24H28N4O3. The lowest BCUT2D eigenvalue weighted by Gasteiger charge is -2.35. The molecule has 2 heterocycles. The Morgan fingerprint density at radius 3 is 2.16 bits per heavy atom. The molecule has 0 spiro atoms. The molecule has 2 aliphatic heterocycles. The average molecular weight is 421 g/mol. The van der Waals surface area contributed by atoms with Gasteiger partial charge < -0.3 is 10.2 Å². The van der Waals surface area contributed by atoms with Crippen LogP contribution in [0.2, 0.25) is 0 Å². The predicted octanol–water partition coefficient (Wildman–Crippen LogP) is 2.19. The van der Waals surface area contributed by atoms with Crippen LogP contribution in [-0.4, -0.2) is 65.3 Å². The quantitative estimate of drug-likeness (QED) is 0.727. The predicted molar refractivity (Wildman–Crippen MR) is 117 cm³/mol. The van der Waals surface area contributed by atoms with Gasteiger partial charge in [-0.15, -0.1) is 0 Å². The minimum Gasteiger partial charge on any atom is -0.339 e. The number of benzene rings is 2. The lowest BCUT2D eigenvalue weighted by molar-refractivity contribution is -0.140. The number of nitrogens with one attached hydrogen (secondary N) is 1. The van der Waals surface area contributed by atoms with Gasteiger partial charge in [0, 0.05) is 32.7 Å². The normalized spacial score (nSPS) is 22.0. The second-order valence-electron chi connectivity index (χ2n) is 8.09. The number of hydrogen-bond donors (Lipinski definition) is 1. The Hall–Kier alpha value is -3.19. The molecule has 4 amide bonds. The van der Waals surface area contributed by atoms with Crippen molar-refractivity contribution in [3.8, 4) is 0 Å². The number of imide groups is 1. The van der Waals surface area contributed by atoms with Crippen LogP contribution in [0.5, 0.6) is 0 Å². The first-order chi connectivity index (χ1) is 15.0. The zero-order valence-electron chi connectivity index (χ0n) is 17.8. The van der Waals surface area contributed by atoms with Gasteiger partial charge in [-0.05, 0) is 17.5 Å². The van der Waals surface area contributed by atoms with Crippen LogP contribution in [-0.2, 0) is 21.7 Å². The van der Waals surface area contributed by atoms with E-state index in [1.807, 2.05) is 55.5 Å². The van der Waals surface area contributed by atoms with E-state index in [1.165, 1.54) is 5.56 Å². The van der Waals surface area contributed by atoms with Crippen molar-refractivity contribution in [2.45, 2.75) is 25.4 Å². The standard InChI is InChI=1S/C24H28N4O3/c1-2-24(20-11-7-4-8-12-20)22(30)28(23(31)25-24)18-21(29)27-15-13-26(14-16-27)17-19-9-5-3-6-10-19/h3-12H,2,13-18H2,1H3,(H,25,31). The van der Waals surface area contributed by atoms with E-state index in [4.69, 9.17) is 0 Å². The summed E-state index contributed by atoms with van der Waals surface area (Å²) >= 11 is 0. The Balaban J connectivity index is 1.37. The van der Waals surface area contributed by atoms with Crippen LogP contribution in [0.1, 0.15) is 24.5 Å². The first-order valence-corrected chi connectivity index (χ1v) is 10.8. The topological polar surface area (TPSA) is 73.0 Å². The second kappa shape index (κ2) is 8.89. The molecule has 162 valence electrons. The van der Waals surface area contributed by atoms with Crippen molar-refractivity contribution in [3.05, 3.63) is 71.8 Å². The molecule has 0 radical (unpaired) electrons. The number of carbonyl (C=O) groups is 3. The van der Waals surface area contributed by atoms with Crippen molar-refractivity contribution in [2.24, 2.45) is 0 Å². The third-order valence-corrected chi connectivity index (χ3v) is 6.24. The summed E-state index contributed by atoms with van der Waals surface area (Å²) in [6, 6.07) is 19.0. The highest BCUT2D eigenvalue weighted by atomic mass is 16.2. The SMILES string of the molecule is CCC1(c2ccccc2)NC(=O)N(CC(=O)N2CCN(Cc3ccccc3)CC2)C1=O. The fourth-order valence-corrected chi connectivity index (χ4v) is 4.36. The van der Waals surface area contributed by atoms with E-state index < -0.39 is 11.6 Å². The number of carbonyl (C=O) groups excluding carboxylic acids is 3. The molecular weight excluding hydrogens is 392 g/mol. The van der Waals surface area contributed by atoms with Crippen molar-refractivity contribution < 1.29 is 14.4 Å². The number of piperazine rings is 1. The minimum atomic E-state index is -1.10. The lowest BCUT2D eigenvalue weighted by Crippen LogP contribution is -2.51. The molecule has 2 aromatic rings. The number of urea groups is 1. The molecule has 7 heteroatoms. The molecule has 2 fully saturated rings. The highest BCUT2D eigenvalue weighted by Crippen LogP contribution is 2.32. The summed E-state index contributed by atoms with van der Waals surface area (Å²) in [5.74, 6) is -0.551. The van der Waals surface area contributed by atoms with Gasteiger partial charge in [-0.3, -0.25) is 19.4 Å².